The number of allylic oxidation sites excluding steroid dienone is 1. The highest BCUT2D eigenvalue weighted by atomic mass is 35.5. The number of guanidine groups is 1. The number of aryl methyl sites for hydroxylation is 1. The summed E-state index contributed by atoms with van der Waals surface area (Å²) in [5.41, 5.74) is 3.85. The molecule has 1 heterocycles. The van der Waals surface area contributed by atoms with Crippen LogP contribution in [-0.2, 0) is 0 Å². The molecule has 21 heavy (non-hydrogen) atoms. The van der Waals surface area contributed by atoms with Crippen LogP contribution in [-0.4, -0.2) is 11.1 Å². The second-order valence-corrected chi connectivity index (χ2v) is 5.13. The Morgan fingerprint density at radius 1 is 0.952 bits per heavy atom. The molecule has 0 bridgehead atoms. The summed E-state index contributed by atoms with van der Waals surface area (Å²) in [6, 6.07) is 18.0. The number of rotatable bonds is 2. The van der Waals surface area contributed by atoms with Crippen molar-refractivity contribution < 1.29 is 0 Å². The normalized spacial score (nSPS) is 15.8. The summed E-state index contributed by atoms with van der Waals surface area (Å²) in [5, 5.41) is 3.55. The first-order chi connectivity index (χ1) is 10.2. The molecule has 0 aliphatic carbocycles. The zero-order valence-corrected chi connectivity index (χ0v) is 12.3. The Balaban J connectivity index is 1.81. The number of hydrogen-bond donors (Lipinski definition) is 1. The first-order valence-electron chi connectivity index (χ1n) is 6.64. The van der Waals surface area contributed by atoms with Gasteiger partial charge in [0.05, 0.1) is 0 Å². The highest BCUT2D eigenvalue weighted by Gasteiger charge is 2.14. The summed E-state index contributed by atoms with van der Waals surface area (Å²) in [7, 11) is 0. The Hall–Kier alpha value is -2.39. The van der Waals surface area contributed by atoms with Crippen molar-refractivity contribution in [3.63, 3.8) is 0 Å². The van der Waals surface area contributed by atoms with Crippen molar-refractivity contribution in [1.29, 1.82) is 0 Å². The minimum Gasteiger partial charge on any atom is -0.324 e. The van der Waals surface area contributed by atoms with Crippen LogP contribution < -0.4 is 5.32 Å². The monoisotopic (exact) mass is 295 g/mol. The maximum absolute atomic E-state index is 6.14. The first kappa shape index (κ1) is 13.6. The lowest BCUT2D eigenvalue weighted by atomic mass is 10.2. The second kappa shape index (κ2) is 5.94. The molecule has 0 spiro atoms. The molecule has 0 saturated carbocycles. The van der Waals surface area contributed by atoms with Crippen LogP contribution in [0.4, 0.5) is 5.69 Å². The van der Waals surface area contributed by atoms with Gasteiger partial charge < -0.3 is 5.32 Å². The van der Waals surface area contributed by atoms with Gasteiger partial charge in [-0.1, -0.05) is 59.6 Å². The number of anilines is 1. The Morgan fingerprint density at radius 2 is 1.67 bits per heavy atom. The van der Waals surface area contributed by atoms with Crippen LogP contribution in [0.25, 0.3) is 6.08 Å². The van der Waals surface area contributed by atoms with Gasteiger partial charge in [0.25, 0.3) is 0 Å². The molecule has 1 N–H and O–H groups in total. The highest BCUT2D eigenvalue weighted by molar-refractivity contribution is 6.71. The first-order valence-corrected chi connectivity index (χ1v) is 7.02. The van der Waals surface area contributed by atoms with Crippen molar-refractivity contribution >= 4 is 34.5 Å². The van der Waals surface area contributed by atoms with Crippen LogP contribution in [0.3, 0.4) is 0 Å². The summed E-state index contributed by atoms with van der Waals surface area (Å²) in [6.07, 6.45) is 1.91. The van der Waals surface area contributed by atoms with E-state index in [-0.39, 0.29) is 0 Å². The fourth-order valence-corrected chi connectivity index (χ4v) is 2.13. The largest absolute Gasteiger partial charge is 0.324 e. The van der Waals surface area contributed by atoms with Crippen molar-refractivity contribution in [2.24, 2.45) is 9.98 Å². The Labute approximate surface area is 128 Å². The third-order valence-corrected chi connectivity index (χ3v) is 3.33. The molecule has 0 unspecified atom stereocenters. The van der Waals surface area contributed by atoms with Crippen molar-refractivity contribution in [3.8, 4) is 0 Å². The van der Waals surface area contributed by atoms with Crippen LogP contribution in [0.15, 0.2) is 70.3 Å². The number of nitrogens with zero attached hydrogens (tertiary/aromatic N) is 2. The minimum absolute atomic E-state index is 0.397. The molecule has 0 saturated heterocycles. The molecule has 0 fully saturated rings. The number of aliphatic imine (C=N–C) groups is 2. The number of halogens is 1. The highest BCUT2D eigenvalue weighted by Crippen LogP contribution is 2.19. The van der Waals surface area contributed by atoms with E-state index in [1.807, 2.05) is 67.6 Å². The van der Waals surface area contributed by atoms with Crippen LogP contribution in [0.5, 0.6) is 0 Å². The van der Waals surface area contributed by atoms with Gasteiger partial charge in [-0.2, -0.15) is 4.99 Å². The zero-order valence-electron chi connectivity index (χ0n) is 11.5. The van der Waals surface area contributed by atoms with Gasteiger partial charge in [-0.05, 0) is 30.7 Å². The fourth-order valence-electron chi connectivity index (χ4n) is 1.96. The molecule has 104 valence electrons. The Kier molecular flexibility index (Phi) is 3.84. The van der Waals surface area contributed by atoms with Gasteiger partial charge in [0.15, 0.2) is 5.17 Å². The number of benzene rings is 2. The van der Waals surface area contributed by atoms with Gasteiger partial charge in [-0.25, -0.2) is 4.99 Å². The quantitative estimate of drug-likeness (QED) is 0.873. The second-order valence-electron chi connectivity index (χ2n) is 4.77. The lowest BCUT2D eigenvalue weighted by molar-refractivity contribution is 1.44. The van der Waals surface area contributed by atoms with Crippen molar-refractivity contribution in [2.75, 3.05) is 5.32 Å². The summed E-state index contributed by atoms with van der Waals surface area (Å²) in [4.78, 5) is 8.65. The van der Waals surface area contributed by atoms with Crippen molar-refractivity contribution in [1.82, 2.24) is 0 Å². The van der Waals surface area contributed by atoms with E-state index < -0.39 is 0 Å². The summed E-state index contributed by atoms with van der Waals surface area (Å²) in [5.74, 6) is 0.506. The molecule has 0 atom stereocenters. The molecule has 1 aliphatic heterocycles. The molecule has 0 aromatic heterocycles. The van der Waals surface area contributed by atoms with E-state index in [1.54, 1.807) is 0 Å². The molecule has 1 aliphatic rings. The van der Waals surface area contributed by atoms with E-state index in [0.29, 0.717) is 16.8 Å². The van der Waals surface area contributed by atoms with Gasteiger partial charge in [0.1, 0.15) is 5.70 Å². The SMILES string of the molecule is Cc1ccc(NC2=N/C(=C\c3ccccc3)C(Cl)=N2)cc1. The van der Waals surface area contributed by atoms with Gasteiger partial charge in [0.2, 0.25) is 5.96 Å². The Bertz CT molecular complexity index is 728. The molecular weight excluding hydrogens is 282 g/mol. The van der Waals surface area contributed by atoms with Gasteiger partial charge in [0, 0.05) is 5.69 Å². The molecule has 0 radical (unpaired) electrons. The molecule has 3 nitrogen and oxygen atoms in total. The predicted octanol–water partition coefficient (Wildman–Crippen LogP) is 4.45. The smallest absolute Gasteiger partial charge is 0.229 e. The van der Waals surface area contributed by atoms with Crippen LogP contribution >= 0.6 is 11.6 Å². The molecule has 3 rings (SSSR count). The van der Waals surface area contributed by atoms with E-state index in [2.05, 4.69) is 15.3 Å². The molecule has 4 heteroatoms. The standard InChI is InChI=1S/C17H14ClN3/c1-12-7-9-14(10-8-12)19-17-20-15(16(18)21-17)11-13-5-3-2-4-6-13/h2-11H,1H3,(H,19,20)/b15-11-. The fraction of sp³-hybridized carbons (Fsp3) is 0.0588. The van der Waals surface area contributed by atoms with E-state index in [4.69, 9.17) is 11.6 Å². The zero-order chi connectivity index (χ0) is 14.7. The van der Waals surface area contributed by atoms with E-state index >= 15 is 0 Å². The maximum Gasteiger partial charge on any atom is 0.229 e. The third-order valence-electron chi connectivity index (χ3n) is 3.05. The third kappa shape index (κ3) is 3.38. The number of nitrogens with one attached hydrogen (secondary N) is 1. The van der Waals surface area contributed by atoms with Gasteiger partial charge >= 0.3 is 0 Å². The molecule has 0 amide bonds. The van der Waals surface area contributed by atoms with Crippen molar-refractivity contribution in [3.05, 3.63) is 71.4 Å². The summed E-state index contributed by atoms with van der Waals surface area (Å²) >= 11 is 6.14. The van der Waals surface area contributed by atoms with Crippen LogP contribution in [0, 0.1) is 6.92 Å². The molecular formula is C17H14ClN3. The summed E-state index contributed by atoms with van der Waals surface area (Å²) in [6.45, 7) is 2.05. The Morgan fingerprint density at radius 3 is 2.38 bits per heavy atom. The molecule has 2 aromatic carbocycles. The number of hydrogen-bond acceptors (Lipinski definition) is 3. The average molecular weight is 296 g/mol. The lowest BCUT2D eigenvalue weighted by Crippen LogP contribution is -2.06. The van der Waals surface area contributed by atoms with E-state index in [1.165, 1.54) is 5.56 Å². The average Bonchev–Trinajstić information content (AvgIpc) is 2.82. The maximum atomic E-state index is 6.14. The van der Waals surface area contributed by atoms with Crippen molar-refractivity contribution in [2.45, 2.75) is 6.92 Å². The van der Waals surface area contributed by atoms with E-state index in [9.17, 15) is 0 Å². The summed E-state index contributed by atoms with van der Waals surface area (Å²) < 4.78 is 0. The van der Waals surface area contributed by atoms with Gasteiger partial charge in [-0.15, -0.1) is 0 Å². The van der Waals surface area contributed by atoms with Crippen LogP contribution in [0.2, 0.25) is 0 Å². The minimum atomic E-state index is 0.397. The topological polar surface area (TPSA) is 36.8 Å². The lowest BCUT2D eigenvalue weighted by Gasteiger charge is -2.02. The van der Waals surface area contributed by atoms with Crippen LogP contribution in [0.1, 0.15) is 11.1 Å². The van der Waals surface area contributed by atoms with E-state index in [0.717, 1.165) is 11.3 Å². The van der Waals surface area contributed by atoms with Gasteiger partial charge in [-0.3, -0.25) is 0 Å². The molecule has 2 aromatic rings. The predicted molar refractivity (Wildman–Crippen MR) is 89.9 cm³/mol.